The largest absolute Gasteiger partial charge is 0.347 e. The summed E-state index contributed by atoms with van der Waals surface area (Å²) in [6.07, 6.45) is 1.56. The van der Waals surface area contributed by atoms with Gasteiger partial charge in [-0.15, -0.1) is 11.3 Å². The van der Waals surface area contributed by atoms with Gasteiger partial charge in [0.05, 0.1) is 6.20 Å². The standard InChI is InChI=1S/C11H9BrN2OS/c12-11-14-7-9(16-11)10(15)13-6-8-4-2-1-3-5-8/h1-5,7H,6H2,(H,13,15). The molecule has 82 valence electrons. The van der Waals surface area contributed by atoms with E-state index in [0.29, 0.717) is 11.4 Å². The van der Waals surface area contributed by atoms with E-state index in [2.05, 4.69) is 26.2 Å². The zero-order valence-electron chi connectivity index (χ0n) is 8.31. The molecule has 0 aliphatic rings. The average Bonchev–Trinajstić information content (AvgIpc) is 2.74. The van der Waals surface area contributed by atoms with Gasteiger partial charge in [-0.25, -0.2) is 4.98 Å². The quantitative estimate of drug-likeness (QED) is 0.946. The summed E-state index contributed by atoms with van der Waals surface area (Å²) in [6.45, 7) is 0.537. The number of benzene rings is 1. The van der Waals surface area contributed by atoms with Crippen LogP contribution in [0.3, 0.4) is 0 Å². The van der Waals surface area contributed by atoms with Gasteiger partial charge in [0.1, 0.15) is 4.88 Å². The third-order valence-corrected chi connectivity index (χ3v) is 3.47. The Morgan fingerprint density at radius 1 is 1.38 bits per heavy atom. The van der Waals surface area contributed by atoms with Crippen LogP contribution in [0, 0.1) is 0 Å². The smallest absolute Gasteiger partial charge is 0.263 e. The lowest BCUT2D eigenvalue weighted by molar-refractivity contribution is 0.0955. The lowest BCUT2D eigenvalue weighted by Gasteiger charge is -2.02. The van der Waals surface area contributed by atoms with Crippen LogP contribution < -0.4 is 5.32 Å². The molecule has 5 heteroatoms. The zero-order chi connectivity index (χ0) is 11.4. The number of amides is 1. The molecule has 0 bridgehead atoms. The van der Waals surface area contributed by atoms with Gasteiger partial charge < -0.3 is 5.32 Å². The van der Waals surface area contributed by atoms with Gasteiger partial charge >= 0.3 is 0 Å². The van der Waals surface area contributed by atoms with E-state index < -0.39 is 0 Å². The first-order valence-electron chi connectivity index (χ1n) is 4.69. The van der Waals surface area contributed by atoms with Crippen LogP contribution in [0.1, 0.15) is 15.2 Å². The Hall–Kier alpha value is -1.20. The molecular formula is C11H9BrN2OS. The SMILES string of the molecule is O=C(NCc1ccccc1)c1cnc(Br)s1. The highest BCUT2D eigenvalue weighted by Crippen LogP contribution is 2.18. The number of nitrogens with zero attached hydrogens (tertiary/aromatic N) is 1. The Morgan fingerprint density at radius 2 is 2.12 bits per heavy atom. The number of nitrogens with one attached hydrogen (secondary N) is 1. The minimum atomic E-state index is -0.0907. The zero-order valence-corrected chi connectivity index (χ0v) is 10.7. The molecule has 2 rings (SSSR count). The maximum absolute atomic E-state index is 11.7. The van der Waals surface area contributed by atoms with Crippen molar-refractivity contribution in [2.24, 2.45) is 0 Å². The number of carbonyl (C=O) groups excluding carboxylic acids is 1. The van der Waals surface area contributed by atoms with Crippen molar-refractivity contribution in [1.29, 1.82) is 0 Å². The van der Waals surface area contributed by atoms with E-state index in [1.54, 1.807) is 6.20 Å². The van der Waals surface area contributed by atoms with Crippen molar-refractivity contribution in [3.63, 3.8) is 0 Å². The molecule has 0 spiro atoms. The predicted octanol–water partition coefficient (Wildman–Crippen LogP) is 2.84. The maximum Gasteiger partial charge on any atom is 0.263 e. The van der Waals surface area contributed by atoms with E-state index in [4.69, 9.17) is 0 Å². The van der Waals surface area contributed by atoms with E-state index in [1.165, 1.54) is 11.3 Å². The average molecular weight is 297 g/mol. The first-order valence-corrected chi connectivity index (χ1v) is 6.30. The number of halogens is 1. The van der Waals surface area contributed by atoms with Crippen molar-refractivity contribution in [1.82, 2.24) is 10.3 Å². The van der Waals surface area contributed by atoms with Crippen LogP contribution in [0.2, 0.25) is 0 Å². The second-order valence-corrected chi connectivity index (χ2v) is 5.45. The minimum Gasteiger partial charge on any atom is -0.347 e. The molecular weight excluding hydrogens is 288 g/mol. The van der Waals surface area contributed by atoms with E-state index in [0.717, 1.165) is 9.48 Å². The third-order valence-electron chi connectivity index (χ3n) is 2.00. The fourth-order valence-electron chi connectivity index (χ4n) is 1.22. The first kappa shape index (κ1) is 11.3. The van der Waals surface area contributed by atoms with Crippen LogP contribution in [0.5, 0.6) is 0 Å². The molecule has 1 heterocycles. The molecule has 0 saturated carbocycles. The molecule has 1 N–H and O–H groups in total. The van der Waals surface area contributed by atoms with E-state index in [9.17, 15) is 4.79 Å². The van der Waals surface area contributed by atoms with E-state index in [-0.39, 0.29) is 5.91 Å². The number of hydrogen-bond donors (Lipinski definition) is 1. The molecule has 16 heavy (non-hydrogen) atoms. The number of hydrogen-bond acceptors (Lipinski definition) is 3. The Balaban J connectivity index is 1.94. The first-order chi connectivity index (χ1) is 7.75. The maximum atomic E-state index is 11.7. The lowest BCUT2D eigenvalue weighted by Crippen LogP contribution is -2.21. The Morgan fingerprint density at radius 3 is 2.75 bits per heavy atom. The van der Waals surface area contributed by atoms with Gasteiger partial charge in [-0.1, -0.05) is 30.3 Å². The van der Waals surface area contributed by atoms with Crippen molar-refractivity contribution >= 4 is 33.2 Å². The van der Waals surface area contributed by atoms with Gasteiger partial charge in [0, 0.05) is 6.54 Å². The topological polar surface area (TPSA) is 42.0 Å². The summed E-state index contributed by atoms with van der Waals surface area (Å²) in [4.78, 5) is 16.3. The fraction of sp³-hybridized carbons (Fsp3) is 0.0909. The second-order valence-electron chi connectivity index (χ2n) is 3.15. The van der Waals surface area contributed by atoms with E-state index >= 15 is 0 Å². The van der Waals surface area contributed by atoms with Gasteiger partial charge in [-0.05, 0) is 21.5 Å². The Kier molecular flexibility index (Phi) is 3.69. The fourth-order valence-corrected chi connectivity index (χ4v) is 2.41. The molecule has 1 aromatic carbocycles. The van der Waals surface area contributed by atoms with Crippen molar-refractivity contribution in [3.8, 4) is 0 Å². The Labute approximate surface area is 106 Å². The van der Waals surface area contributed by atoms with Gasteiger partial charge in [0.15, 0.2) is 3.92 Å². The van der Waals surface area contributed by atoms with Crippen LogP contribution in [-0.4, -0.2) is 10.9 Å². The minimum absolute atomic E-state index is 0.0907. The van der Waals surface area contributed by atoms with Crippen LogP contribution in [0.15, 0.2) is 40.4 Å². The molecule has 0 saturated heterocycles. The molecule has 0 unspecified atom stereocenters. The predicted molar refractivity (Wildman–Crippen MR) is 67.4 cm³/mol. The summed E-state index contributed by atoms with van der Waals surface area (Å²) in [5.74, 6) is -0.0907. The van der Waals surface area contributed by atoms with Gasteiger partial charge in [0.2, 0.25) is 0 Å². The highest BCUT2D eigenvalue weighted by atomic mass is 79.9. The van der Waals surface area contributed by atoms with Crippen molar-refractivity contribution in [2.45, 2.75) is 6.54 Å². The Bertz CT molecular complexity index is 484. The molecule has 2 aromatic rings. The van der Waals surface area contributed by atoms with Crippen molar-refractivity contribution in [3.05, 3.63) is 50.9 Å². The molecule has 0 atom stereocenters. The molecule has 1 aromatic heterocycles. The summed E-state index contributed by atoms with van der Waals surface area (Å²) >= 11 is 4.55. The molecule has 3 nitrogen and oxygen atoms in total. The van der Waals surface area contributed by atoms with E-state index in [1.807, 2.05) is 30.3 Å². The summed E-state index contributed by atoms with van der Waals surface area (Å²) in [5, 5.41) is 2.84. The number of thiazole rings is 1. The molecule has 0 fully saturated rings. The van der Waals surface area contributed by atoms with Crippen LogP contribution in [0.4, 0.5) is 0 Å². The van der Waals surface area contributed by atoms with Crippen molar-refractivity contribution in [2.75, 3.05) is 0 Å². The van der Waals surface area contributed by atoms with Gasteiger partial charge in [0.25, 0.3) is 5.91 Å². The summed E-state index contributed by atoms with van der Waals surface area (Å²) in [7, 11) is 0. The highest BCUT2D eigenvalue weighted by molar-refractivity contribution is 9.11. The third kappa shape index (κ3) is 2.90. The molecule has 0 aliphatic carbocycles. The van der Waals surface area contributed by atoms with Crippen LogP contribution in [-0.2, 0) is 6.54 Å². The van der Waals surface area contributed by atoms with Crippen LogP contribution in [0.25, 0.3) is 0 Å². The molecule has 1 amide bonds. The normalized spacial score (nSPS) is 10.1. The summed E-state index contributed by atoms with van der Waals surface area (Å²) in [5.41, 5.74) is 1.08. The van der Waals surface area contributed by atoms with Gasteiger partial charge in [-0.3, -0.25) is 4.79 Å². The lowest BCUT2D eigenvalue weighted by atomic mass is 10.2. The second kappa shape index (κ2) is 5.23. The summed E-state index contributed by atoms with van der Waals surface area (Å²) < 4.78 is 0.720. The van der Waals surface area contributed by atoms with Crippen molar-refractivity contribution < 1.29 is 4.79 Å². The van der Waals surface area contributed by atoms with Crippen LogP contribution >= 0.6 is 27.3 Å². The summed E-state index contributed by atoms with van der Waals surface area (Å²) in [6, 6.07) is 9.80. The molecule has 0 aliphatic heterocycles. The monoisotopic (exact) mass is 296 g/mol. The molecule has 0 radical (unpaired) electrons. The number of rotatable bonds is 3. The van der Waals surface area contributed by atoms with Gasteiger partial charge in [-0.2, -0.15) is 0 Å². The number of carbonyl (C=O) groups is 1. The highest BCUT2D eigenvalue weighted by Gasteiger charge is 2.08. The number of aromatic nitrogens is 1.